The fourth-order valence-electron chi connectivity index (χ4n) is 6.86. The van der Waals surface area contributed by atoms with E-state index in [2.05, 4.69) is 122 Å². The van der Waals surface area contributed by atoms with Crippen molar-refractivity contribution in [2.45, 2.75) is 58.7 Å². The van der Waals surface area contributed by atoms with Gasteiger partial charge in [0.15, 0.2) is 0 Å². The van der Waals surface area contributed by atoms with Gasteiger partial charge in [-0.05, 0) is 0 Å². The third-order valence-corrected chi connectivity index (χ3v) is 25.6. The summed E-state index contributed by atoms with van der Waals surface area (Å²) in [6.07, 6.45) is 0. The molecule has 0 atom stereocenters. The summed E-state index contributed by atoms with van der Waals surface area (Å²) in [5.41, 5.74) is 10.0. The van der Waals surface area contributed by atoms with Crippen molar-refractivity contribution in [1.29, 1.82) is 0 Å². The Kier molecular flexibility index (Phi) is 7.70. The van der Waals surface area contributed by atoms with Crippen LogP contribution in [0.1, 0.15) is 49.9 Å². The second-order valence-electron chi connectivity index (χ2n) is 10.5. The zero-order chi connectivity index (χ0) is 26.6. The van der Waals surface area contributed by atoms with Gasteiger partial charge in [-0.15, -0.1) is 0 Å². The summed E-state index contributed by atoms with van der Waals surface area (Å²) in [5, 5.41) is 3.99. The van der Waals surface area contributed by atoms with Gasteiger partial charge in [0.05, 0.1) is 0 Å². The summed E-state index contributed by atoms with van der Waals surface area (Å²) >= 11 is -4.15. The Morgan fingerprint density at radius 2 is 0.972 bits per heavy atom. The second kappa shape index (κ2) is 9.92. The first-order valence-corrected chi connectivity index (χ1v) is 21.7. The average molecular weight is 590 g/mol. The van der Waals surface area contributed by atoms with Crippen molar-refractivity contribution in [3.63, 3.8) is 0 Å². The van der Waals surface area contributed by atoms with E-state index in [4.69, 9.17) is 27.9 Å². The third kappa shape index (κ3) is 3.89. The van der Waals surface area contributed by atoms with Crippen molar-refractivity contribution in [3.05, 3.63) is 111 Å². The normalized spacial score (nSPS) is 16.2. The van der Waals surface area contributed by atoms with Crippen LogP contribution in [0.25, 0.3) is 0 Å². The molecule has 1 aliphatic carbocycles. The van der Waals surface area contributed by atoms with E-state index in [1.807, 2.05) is 0 Å². The Labute approximate surface area is 233 Å². The predicted molar refractivity (Wildman–Crippen MR) is 160 cm³/mol. The van der Waals surface area contributed by atoms with Crippen LogP contribution in [0.15, 0.2) is 89.0 Å². The Bertz CT molecular complexity index is 1320. The zero-order valence-electron chi connectivity index (χ0n) is 22.5. The molecule has 0 aliphatic heterocycles. The molecule has 5 heteroatoms. The first-order chi connectivity index (χ1) is 16.8. The van der Waals surface area contributed by atoms with Gasteiger partial charge in [0.2, 0.25) is 0 Å². The maximum absolute atomic E-state index is 7.52. The molecule has 0 saturated heterocycles. The van der Waals surface area contributed by atoms with E-state index >= 15 is 0 Å². The molecule has 36 heavy (non-hydrogen) atoms. The van der Waals surface area contributed by atoms with E-state index in [1.165, 1.54) is 60.1 Å². The van der Waals surface area contributed by atoms with E-state index in [-0.39, 0.29) is 0 Å². The molecule has 1 aliphatic rings. The first-order valence-electron chi connectivity index (χ1n) is 12.5. The molecule has 0 radical (unpaired) electrons. The summed E-state index contributed by atoms with van der Waals surface area (Å²) in [6, 6.07) is 24.7. The van der Waals surface area contributed by atoms with Crippen molar-refractivity contribution < 1.29 is 13.4 Å². The molecule has 0 spiro atoms. The summed E-state index contributed by atoms with van der Waals surface area (Å²) in [4.78, 5) is 0. The molecule has 3 aromatic rings. The molecule has 0 nitrogen and oxygen atoms in total. The number of allylic oxidation sites excluding steroid dienone is 4. The van der Waals surface area contributed by atoms with Crippen molar-refractivity contribution >= 4 is 51.5 Å². The van der Waals surface area contributed by atoms with Crippen molar-refractivity contribution in [2.75, 3.05) is 0 Å². The van der Waals surface area contributed by atoms with Crippen LogP contribution in [0.2, 0.25) is 3.34 Å². The summed E-state index contributed by atoms with van der Waals surface area (Å²) < 4.78 is -0.635. The van der Waals surface area contributed by atoms with E-state index < -0.39 is 24.8 Å². The van der Waals surface area contributed by atoms with Gasteiger partial charge >= 0.3 is 235 Å². The fraction of sp³-hybridized carbons (Fsp3) is 0.290. The Hall–Kier alpha value is -1.06. The number of halogens is 3. The van der Waals surface area contributed by atoms with Crippen LogP contribution in [-0.4, -0.2) is 8.07 Å². The molecule has 3 aromatic carbocycles. The number of aryl methyl sites for hydroxylation is 4. The topological polar surface area (TPSA) is 0 Å². The van der Waals surface area contributed by atoms with Crippen LogP contribution in [0.3, 0.4) is 0 Å². The number of benzene rings is 3. The van der Waals surface area contributed by atoms with Gasteiger partial charge in [-0.3, -0.25) is 0 Å². The molecule has 0 saturated carbocycles. The monoisotopic (exact) mass is 588 g/mol. The fourth-order valence-corrected chi connectivity index (χ4v) is 28.5. The van der Waals surface area contributed by atoms with Crippen LogP contribution in [-0.2, 0) is 13.4 Å². The van der Waals surface area contributed by atoms with Crippen LogP contribution in [0, 0.1) is 27.7 Å². The maximum atomic E-state index is 7.52. The Morgan fingerprint density at radius 1 is 0.583 bits per heavy atom. The van der Waals surface area contributed by atoms with Gasteiger partial charge in [0.25, 0.3) is 0 Å². The zero-order valence-corrected chi connectivity index (χ0v) is 27.3. The van der Waals surface area contributed by atoms with Gasteiger partial charge < -0.3 is 0 Å². The van der Waals surface area contributed by atoms with Crippen molar-refractivity contribution in [3.8, 4) is 0 Å². The van der Waals surface area contributed by atoms with Crippen LogP contribution in [0.5, 0.6) is 0 Å². The van der Waals surface area contributed by atoms with Crippen molar-refractivity contribution in [1.82, 2.24) is 0 Å². The molecule has 0 fully saturated rings. The van der Waals surface area contributed by atoms with Crippen LogP contribution < -0.4 is 15.6 Å². The minimum atomic E-state index is -4.15. The second-order valence-corrected chi connectivity index (χ2v) is 27.3. The molecular weight excluding hydrogens is 555 g/mol. The molecule has 188 valence electrons. The first kappa shape index (κ1) is 28.0. The van der Waals surface area contributed by atoms with Gasteiger partial charge in [0.1, 0.15) is 0 Å². The molecule has 0 heterocycles. The van der Waals surface area contributed by atoms with E-state index in [1.54, 1.807) is 0 Å². The Balaban J connectivity index is 2.45. The molecule has 0 unspecified atom stereocenters. The molecular formula is C31H35Cl3SiTi. The molecule has 0 amide bonds. The Morgan fingerprint density at radius 3 is 1.33 bits per heavy atom. The number of hydrogen-bond acceptors (Lipinski definition) is 0. The number of hydrogen-bond donors (Lipinski definition) is 0. The minimum absolute atomic E-state index is 0.635. The third-order valence-electron chi connectivity index (χ3n) is 8.55. The van der Waals surface area contributed by atoms with Gasteiger partial charge in [0, 0.05) is 0 Å². The molecule has 0 aromatic heterocycles. The summed E-state index contributed by atoms with van der Waals surface area (Å²) in [5.74, 6) is 0. The average Bonchev–Trinajstić information content (AvgIpc) is 2.97. The van der Waals surface area contributed by atoms with Crippen LogP contribution >= 0.6 is 27.9 Å². The summed E-state index contributed by atoms with van der Waals surface area (Å²) in [7, 11) is 19.5. The summed E-state index contributed by atoms with van der Waals surface area (Å²) in [6.45, 7) is 17.7. The van der Waals surface area contributed by atoms with Crippen LogP contribution in [0.4, 0.5) is 0 Å². The standard InChI is InChI=1S/C31H35Si.3ClH.Ti/c1-20-17-21(2)19-28(18-20)32(29-15-11-9-13-22(29)3,30-16-12-10-14-23(30)4)31-26(7)24(5)25(6)27(31)8;;;;/h9-19H,1-8H3;3*1H;/q;;;;+3/p-3. The van der Waals surface area contributed by atoms with Crippen molar-refractivity contribution in [2.24, 2.45) is 0 Å². The van der Waals surface area contributed by atoms with E-state index in [0.29, 0.717) is 0 Å². The van der Waals surface area contributed by atoms with E-state index in [9.17, 15) is 0 Å². The van der Waals surface area contributed by atoms with E-state index in [0.717, 1.165) is 0 Å². The predicted octanol–water partition coefficient (Wildman–Crippen LogP) is 8.39. The SMILES string of the molecule is CC1=C(C)[C]([Si](c2cc(C)cc(C)c2)(c2ccccc2C)c2ccccc2C)([Ti]([Cl])([Cl])[Cl])C(C)=C1C. The quantitative estimate of drug-likeness (QED) is 0.207. The molecule has 0 N–H and O–H groups in total. The molecule has 0 bridgehead atoms. The van der Waals surface area contributed by atoms with Gasteiger partial charge in [-0.2, -0.15) is 0 Å². The molecule has 4 rings (SSSR count). The van der Waals surface area contributed by atoms with Gasteiger partial charge in [-0.25, -0.2) is 0 Å². The number of rotatable bonds is 5. The van der Waals surface area contributed by atoms with Gasteiger partial charge in [-0.1, -0.05) is 0 Å².